The molecule has 20 heavy (non-hydrogen) atoms. The van der Waals surface area contributed by atoms with Crippen molar-refractivity contribution in [2.75, 3.05) is 32.7 Å². The van der Waals surface area contributed by atoms with Crippen LogP contribution in [0, 0.1) is 0 Å². The van der Waals surface area contributed by atoms with Crippen LogP contribution in [0.1, 0.15) is 9.67 Å². The average molecular weight is 286 g/mol. The highest BCUT2D eigenvalue weighted by molar-refractivity contribution is 7.20. The van der Waals surface area contributed by atoms with E-state index < -0.39 is 0 Å². The lowest BCUT2D eigenvalue weighted by atomic mass is 10.2. The summed E-state index contributed by atoms with van der Waals surface area (Å²) in [5.74, 6) is 0.171. The number of hydrogen-bond acceptors (Lipinski definition) is 3. The first-order valence-corrected chi connectivity index (χ1v) is 7.70. The molecule has 3 nitrogen and oxygen atoms in total. The molecule has 1 fully saturated rings. The second-order valence-corrected chi connectivity index (χ2v) is 6.11. The Morgan fingerprint density at radius 2 is 2.00 bits per heavy atom. The molecule has 0 unspecified atom stereocenters. The molecule has 1 aromatic carbocycles. The zero-order chi connectivity index (χ0) is 13.9. The summed E-state index contributed by atoms with van der Waals surface area (Å²) in [5.41, 5.74) is 0. The molecule has 0 saturated carbocycles. The van der Waals surface area contributed by atoms with Crippen LogP contribution in [0.25, 0.3) is 10.1 Å². The number of fused-ring (bicyclic) bond motifs is 1. The minimum atomic E-state index is 0.171. The molecular weight excluding hydrogens is 268 g/mol. The normalized spacial score (nSPS) is 16.5. The van der Waals surface area contributed by atoms with E-state index in [0.29, 0.717) is 0 Å². The predicted molar refractivity (Wildman–Crippen MR) is 84.4 cm³/mol. The summed E-state index contributed by atoms with van der Waals surface area (Å²) in [6.45, 7) is 8.15. The molecule has 0 N–H and O–H groups in total. The molecule has 4 heteroatoms. The van der Waals surface area contributed by atoms with Crippen molar-refractivity contribution < 1.29 is 4.79 Å². The maximum atomic E-state index is 12.5. The Balaban J connectivity index is 1.71. The molecule has 1 aromatic heterocycles. The number of thiophene rings is 1. The predicted octanol–water partition coefficient (Wildman–Crippen LogP) is 2.85. The number of carbonyl (C=O) groups is 1. The summed E-state index contributed by atoms with van der Waals surface area (Å²) < 4.78 is 1.18. The number of nitrogens with zero attached hydrogens (tertiary/aromatic N) is 2. The van der Waals surface area contributed by atoms with Gasteiger partial charge in [0.25, 0.3) is 5.91 Å². The van der Waals surface area contributed by atoms with Gasteiger partial charge in [-0.1, -0.05) is 24.3 Å². The molecule has 1 aliphatic rings. The van der Waals surface area contributed by atoms with Gasteiger partial charge < -0.3 is 4.90 Å². The Hall–Kier alpha value is -1.65. The van der Waals surface area contributed by atoms with Gasteiger partial charge in [-0.15, -0.1) is 17.9 Å². The van der Waals surface area contributed by atoms with E-state index in [1.807, 2.05) is 29.2 Å². The molecule has 0 bridgehead atoms. The van der Waals surface area contributed by atoms with Crippen molar-refractivity contribution in [3.63, 3.8) is 0 Å². The van der Waals surface area contributed by atoms with E-state index in [2.05, 4.69) is 23.6 Å². The third-order valence-electron chi connectivity index (χ3n) is 3.68. The first-order chi connectivity index (χ1) is 9.78. The van der Waals surface area contributed by atoms with E-state index >= 15 is 0 Å². The van der Waals surface area contributed by atoms with Crippen LogP contribution in [0.2, 0.25) is 0 Å². The molecule has 1 amide bonds. The van der Waals surface area contributed by atoms with E-state index in [4.69, 9.17) is 0 Å². The van der Waals surface area contributed by atoms with E-state index in [9.17, 15) is 4.79 Å². The summed E-state index contributed by atoms with van der Waals surface area (Å²) in [5, 5.41) is 1.16. The first kappa shape index (κ1) is 13.3. The van der Waals surface area contributed by atoms with Gasteiger partial charge in [0.15, 0.2) is 0 Å². The van der Waals surface area contributed by atoms with Crippen molar-refractivity contribution in [1.82, 2.24) is 9.80 Å². The SMILES string of the molecule is C=CCN1CCN(C(=O)c2cc3ccccc3s2)CC1. The van der Waals surface area contributed by atoms with Gasteiger partial charge in [-0.2, -0.15) is 0 Å². The molecule has 0 radical (unpaired) electrons. The number of piperazine rings is 1. The second-order valence-electron chi connectivity index (χ2n) is 5.03. The Morgan fingerprint density at radius 3 is 2.70 bits per heavy atom. The summed E-state index contributed by atoms with van der Waals surface area (Å²) in [7, 11) is 0. The summed E-state index contributed by atoms with van der Waals surface area (Å²) in [4.78, 5) is 17.7. The van der Waals surface area contributed by atoms with E-state index in [0.717, 1.165) is 43.0 Å². The summed E-state index contributed by atoms with van der Waals surface area (Å²) in [6, 6.07) is 10.2. The van der Waals surface area contributed by atoms with Crippen molar-refractivity contribution in [3.05, 3.63) is 47.9 Å². The Morgan fingerprint density at radius 1 is 1.25 bits per heavy atom. The molecule has 0 spiro atoms. The zero-order valence-electron chi connectivity index (χ0n) is 11.4. The maximum absolute atomic E-state index is 12.5. The van der Waals surface area contributed by atoms with Crippen LogP contribution in [0.3, 0.4) is 0 Å². The molecule has 1 aliphatic heterocycles. The highest BCUT2D eigenvalue weighted by Gasteiger charge is 2.22. The standard InChI is InChI=1S/C16H18N2OS/c1-2-7-17-8-10-18(11-9-17)16(19)15-12-13-5-3-4-6-14(13)20-15/h2-6,12H,1,7-11H2. The maximum Gasteiger partial charge on any atom is 0.264 e. The van der Waals surface area contributed by atoms with Crippen molar-refractivity contribution in [2.24, 2.45) is 0 Å². The zero-order valence-corrected chi connectivity index (χ0v) is 12.2. The lowest BCUT2D eigenvalue weighted by Gasteiger charge is -2.33. The molecule has 2 heterocycles. The fraction of sp³-hybridized carbons (Fsp3) is 0.312. The smallest absolute Gasteiger partial charge is 0.264 e. The van der Waals surface area contributed by atoms with Crippen molar-refractivity contribution in [2.45, 2.75) is 0 Å². The van der Waals surface area contributed by atoms with Crippen molar-refractivity contribution in [3.8, 4) is 0 Å². The minimum absolute atomic E-state index is 0.171. The van der Waals surface area contributed by atoms with Gasteiger partial charge in [-0.25, -0.2) is 0 Å². The van der Waals surface area contributed by atoms with Crippen LogP contribution < -0.4 is 0 Å². The largest absolute Gasteiger partial charge is 0.335 e. The number of amides is 1. The lowest BCUT2D eigenvalue weighted by Crippen LogP contribution is -2.48. The Labute approximate surface area is 123 Å². The monoisotopic (exact) mass is 286 g/mol. The minimum Gasteiger partial charge on any atom is -0.335 e. The van der Waals surface area contributed by atoms with E-state index in [-0.39, 0.29) is 5.91 Å². The molecule has 104 valence electrons. The van der Waals surface area contributed by atoms with Gasteiger partial charge in [0.05, 0.1) is 4.88 Å². The van der Waals surface area contributed by atoms with Gasteiger partial charge >= 0.3 is 0 Å². The summed E-state index contributed by atoms with van der Waals surface area (Å²) >= 11 is 1.59. The van der Waals surface area contributed by atoms with Crippen LogP contribution in [0.4, 0.5) is 0 Å². The van der Waals surface area contributed by atoms with Crippen LogP contribution in [0.5, 0.6) is 0 Å². The third-order valence-corrected chi connectivity index (χ3v) is 4.79. The average Bonchev–Trinajstić information content (AvgIpc) is 2.91. The highest BCUT2D eigenvalue weighted by Crippen LogP contribution is 2.26. The molecular formula is C16H18N2OS. The lowest BCUT2D eigenvalue weighted by molar-refractivity contribution is 0.0655. The van der Waals surface area contributed by atoms with Gasteiger partial charge in [-0.05, 0) is 17.5 Å². The Bertz CT molecular complexity index is 593. The second kappa shape index (κ2) is 5.77. The Kier molecular flexibility index (Phi) is 3.85. The van der Waals surface area contributed by atoms with Gasteiger partial charge in [-0.3, -0.25) is 9.69 Å². The van der Waals surface area contributed by atoms with E-state index in [1.165, 1.54) is 4.70 Å². The number of benzene rings is 1. The number of rotatable bonds is 3. The number of hydrogen-bond donors (Lipinski definition) is 0. The van der Waals surface area contributed by atoms with Crippen molar-refractivity contribution in [1.29, 1.82) is 0 Å². The molecule has 0 aliphatic carbocycles. The van der Waals surface area contributed by atoms with Crippen LogP contribution in [-0.2, 0) is 0 Å². The van der Waals surface area contributed by atoms with E-state index in [1.54, 1.807) is 11.3 Å². The number of carbonyl (C=O) groups excluding carboxylic acids is 1. The fourth-order valence-electron chi connectivity index (χ4n) is 2.56. The van der Waals surface area contributed by atoms with Crippen LogP contribution in [-0.4, -0.2) is 48.4 Å². The van der Waals surface area contributed by atoms with Gasteiger partial charge in [0, 0.05) is 37.4 Å². The summed E-state index contributed by atoms with van der Waals surface area (Å²) in [6.07, 6.45) is 1.92. The van der Waals surface area contributed by atoms with Gasteiger partial charge in [0.1, 0.15) is 0 Å². The quantitative estimate of drug-likeness (QED) is 0.810. The topological polar surface area (TPSA) is 23.6 Å². The first-order valence-electron chi connectivity index (χ1n) is 6.89. The van der Waals surface area contributed by atoms with Crippen LogP contribution >= 0.6 is 11.3 Å². The molecule has 1 saturated heterocycles. The molecule has 3 rings (SSSR count). The third kappa shape index (κ3) is 2.62. The molecule has 2 aromatic rings. The highest BCUT2D eigenvalue weighted by atomic mass is 32.1. The van der Waals surface area contributed by atoms with Gasteiger partial charge in [0.2, 0.25) is 0 Å². The molecule has 0 atom stereocenters. The van der Waals surface area contributed by atoms with Crippen molar-refractivity contribution >= 4 is 27.3 Å². The fourth-order valence-corrected chi connectivity index (χ4v) is 3.59. The van der Waals surface area contributed by atoms with Crippen LogP contribution in [0.15, 0.2) is 43.0 Å².